The molecule has 1 fully saturated rings. The lowest BCUT2D eigenvalue weighted by molar-refractivity contribution is 0.0167. The average Bonchev–Trinajstić information content (AvgIpc) is 2.28. The molecule has 0 aromatic heterocycles. The molecule has 0 radical (unpaired) electrons. The van der Waals surface area contributed by atoms with Gasteiger partial charge < -0.3 is 10.4 Å². The summed E-state index contributed by atoms with van der Waals surface area (Å²) in [5.74, 6) is 0. The van der Waals surface area contributed by atoms with Gasteiger partial charge in [0.15, 0.2) is 0 Å². The molecule has 2 rings (SSSR count). The fourth-order valence-corrected chi connectivity index (χ4v) is 3.52. The van der Waals surface area contributed by atoms with Gasteiger partial charge in [-0.25, -0.2) is 0 Å². The summed E-state index contributed by atoms with van der Waals surface area (Å²) in [5, 5.41) is 13.9. The Hall–Kier alpha value is -0.540. The number of rotatable bonds is 3. The molecular formula is C15H22BrNO. The fourth-order valence-electron chi connectivity index (χ4n) is 2.83. The van der Waals surface area contributed by atoms with Crippen LogP contribution in [0.2, 0.25) is 0 Å². The van der Waals surface area contributed by atoms with Crippen LogP contribution < -0.4 is 5.32 Å². The maximum atomic E-state index is 10.5. The van der Waals surface area contributed by atoms with E-state index in [4.69, 9.17) is 0 Å². The molecule has 1 aliphatic rings. The molecule has 3 heteroatoms. The summed E-state index contributed by atoms with van der Waals surface area (Å²) in [4.78, 5) is 0. The third-order valence-electron chi connectivity index (χ3n) is 3.88. The van der Waals surface area contributed by atoms with E-state index in [9.17, 15) is 5.11 Å². The van der Waals surface area contributed by atoms with Crippen molar-refractivity contribution in [2.45, 2.75) is 51.6 Å². The topological polar surface area (TPSA) is 32.3 Å². The van der Waals surface area contributed by atoms with Gasteiger partial charge in [0.1, 0.15) is 0 Å². The van der Waals surface area contributed by atoms with Crippen molar-refractivity contribution in [3.63, 3.8) is 0 Å². The molecule has 0 aliphatic heterocycles. The van der Waals surface area contributed by atoms with Crippen LogP contribution >= 0.6 is 15.9 Å². The van der Waals surface area contributed by atoms with Crippen LogP contribution in [0.5, 0.6) is 0 Å². The van der Waals surface area contributed by atoms with Gasteiger partial charge in [0.2, 0.25) is 0 Å². The molecule has 100 valence electrons. The van der Waals surface area contributed by atoms with E-state index in [2.05, 4.69) is 47.2 Å². The van der Waals surface area contributed by atoms with Crippen molar-refractivity contribution >= 4 is 21.6 Å². The van der Waals surface area contributed by atoms with E-state index in [-0.39, 0.29) is 0 Å². The highest BCUT2D eigenvalue weighted by atomic mass is 79.9. The largest absolute Gasteiger partial charge is 0.388 e. The van der Waals surface area contributed by atoms with Crippen molar-refractivity contribution in [2.24, 2.45) is 0 Å². The summed E-state index contributed by atoms with van der Waals surface area (Å²) in [6, 6.07) is 4.22. The summed E-state index contributed by atoms with van der Waals surface area (Å²) in [5.41, 5.74) is 3.10. The fraction of sp³-hybridized carbons (Fsp3) is 0.600. The number of anilines is 1. The molecule has 0 bridgehead atoms. The van der Waals surface area contributed by atoms with Crippen LogP contribution in [-0.2, 0) is 0 Å². The molecule has 1 saturated carbocycles. The van der Waals surface area contributed by atoms with E-state index in [1.807, 2.05) is 0 Å². The maximum absolute atomic E-state index is 10.5. The Kier molecular flexibility index (Phi) is 4.33. The van der Waals surface area contributed by atoms with Gasteiger partial charge in [0, 0.05) is 16.7 Å². The second-order valence-corrected chi connectivity index (χ2v) is 6.47. The molecule has 0 amide bonds. The maximum Gasteiger partial charge on any atom is 0.0819 e. The number of hydrogen-bond acceptors (Lipinski definition) is 2. The lowest BCUT2D eigenvalue weighted by atomic mass is 9.85. The van der Waals surface area contributed by atoms with E-state index in [1.165, 1.54) is 17.5 Å². The summed E-state index contributed by atoms with van der Waals surface area (Å²) in [6.07, 6.45) is 5.41. The zero-order valence-corrected chi connectivity index (χ0v) is 12.8. The Morgan fingerprint density at radius 2 is 1.72 bits per heavy atom. The Morgan fingerprint density at radius 1 is 1.17 bits per heavy atom. The summed E-state index contributed by atoms with van der Waals surface area (Å²) >= 11 is 3.51. The van der Waals surface area contributed by atoms with Crippen molar-refractivity contribution in [1.29, 1.82) is 0 Å². The Bertz CT molecular complexity index is 401. The summed E-state index contributed by atoms with van der Waals surface area (Å²) < 4.78 is 1.11. The first-order valence-electron chi connectivity index (χ1n) is 6.73. The van der Waals surface area contributed by atoms with Gasteiger partial charge >= 0.3 is 0 Å². The monoisotopic (exact) mass is 311 g/mol. The quantitative estimate of drug-likeness (QED) is 0.878. The molecule has 1 aromatic rings. The van der Waals surface area contributed by atoms with Gasteiger partial charge in [-0.3, -0.25) is 0 Å². The van der Waals surface area contributed by atoms with Gasteiger partial charge in [-0.05, 0) is 49.9 Å². The molecule has 2 nitrogen and oxygen atoms in total. The van der Waals surface area contributed by atoms with Gasteiger partial charge in [-0.1, -0.05) is 35.2 Å². The number of aryl methyl sites for hydroxylation is 2. The number of aliphatic hydroxyl groups is 1. The number of benzene rings is 1. The smallest absolute Gasteiger partial charge is 0.0819 e. The number of hydrogen-bond donors (Lipinski definition) is 2. The van der Waals surface area contributed by atoms with E-state index < -0.39 is 5.60 Å². The van der Waals surface area contributed by atoms with Gasteiger partial charge in [0.25, 0.3) is 0 Å². The number of halogens is 1. The molecule has 0 atom stereocenters. The normalized spacial score (nSPS) is 18.7. The molecule has 18 heavy (non-hydrogen) atoms. The minimum atomic E-state index is -0.510. The number of nitrogens with one attached hydrogen (secondary N) is 1. The van der Waals surface area contributed by atoms with Crippen LogP contribution in [0, 0.1) is 13.8 Å². The van der Waals surface area contributed by atoms with E-state index in [1.54, 1.807) is 0 Å². The molecule has 0 spiro atoms. The zero-order chi connectivity index (χ0) is 13.2. The van der Waals surface area contributed by atoms with E-state index >= 15 is 0 Å². The minimum Gasteiger partial charge on any atom is -0.388 e. The van der Waals surface area contributed by atoms with Gasteiger partial charge in [0.05, 0.1) is 5.60 Å². The second-order valence-electron chi connectivity index (χ2n) is 5.55. The van der Waals surface area contributed by atoms with Crippen LogP contribution in [-0.4, -0.2) is 17.3 Å². The molecule has 0 heterocycles. The van der Waals surface area contributed by atoms with Crippen LogP contribution in [0.1, 0.15) is 43.2 Å². The summed E-state index contributed by atoms with van der Waals surface area (Å²) in [6.45, 7) is 4.87. The molecular weight excluding hydrogens is 290 g/mol. The summed E-state index contributed by atoms with van der Waals surface area (Å²) in [7, 11) is 0. The Morgan fingerprint density at radius 3 is 2.28 bits per heavy atom. The SMILES string of the molecule is Cc1cc(Br)cc(C)c1NCC1(O)CCCCC1. The van der Waals surface area contributed by atoms with Crippen molar-refractivity contribution < 1.29 is 5.11 Å². The van der Waals surface area contributed by atoms with Crippen LogP contribution in [0.4, 0.5) is 5.69 Å². The van der Waals surface area contributed by atoms with Crippen molar-refractivity contribution in [1.82, 2.24) is 0 Å². The lowest BCUT2D eigenvalue weighted by Gasteiger charge is -2.33. The third-order valence-corrected chi connectivity index (χ3v) is 4.33. The first kappa shape index (κ1) is 13.9. The van der Waals surface area contributed by atoms with Crippen LogP contribution in [0.15, 0.2) is 16.6 Å². The standard InChI is InChI=1S/C15H22BrNO/c1-11-8-13(16)9-12(2)14(11)17-10-15(18)6-4-3-5-7-15/h8-9,17-18H,3-7,10H2,1-2H3. The lowest BCUT2D eigenvalue weighted by Crippen LogP contribution is -2.39. The van der Waals surface area contributed by atoms with E-state index in [0.717, 1.165) is 35.8 Å². The average molecular weight is 312 g/mol. The van der Waals surface area contributed by atoms with Crippen molar-refractivity contribution in [3.05, 3.63) is 27.7 Å². The molecule has 2 N–H and O–H groups in total. The Balaban J connectivity index is 2.06. The van der Waals surface area contributed by atoms with Crippen molar-refractivity contribution in [2.75, 3.05) is 11.9 Å². The van der Waals surface area contributed by atoms with Gasteiger partial charge in [-0.2, -0.15) is 0 Å². The predicted molar refractivity (Wildman–Crippen MR) is 80.1 cm³/mol. The zero-order valence-electron chi connectivity index (χ0n) is 11.2. The Labute approximate surface area is 118 Å². The van der Waals surface area contributed by atoms with Crippen LogP contribution in [0.3, 0.4) is 0 Å². The molecule has 0 saturated heterocycles. The van der Waals surface area contributed by atoms with Crippen molar-refractivity contribution in [3.8, 4) is 0 Å². The molecule has 0 unspecified atom stereocenters. The van der Waals surface area contributed by atoms with Gasteiger partial charge in [-0.15, -0.1) is 0 Å². The predicted octanol–water partition coefficient (Wildman–Crippen LogP) is 4.17. The van der Waals surface area contributed by atoms with Crippen LogP contribution in [0.25, 0.3) is 0 Å². The molecule has 1 aliphatic carbocycles. The second kappa shape index (κ2) is 5.62. The minimum absolute atomic E-state index is 0.510. The first-order chi connectivity index (χ1) is 8.50. The van der Waals surface area contributed by atoms with E-state index in [0.29, 0.717) is 6.54 Å². The molecule has 1 aromatic carbocycles. The third kappa shape index (κ3) is 3.27. The highest BCUT2D eigenvalue weighted by molar-refractivity contribution is 9.10. The first-order valence-corrected chi connectivity index (χ1v) is 7.52. The highest BCUT2D eigenvalue weighted by Gasteiger charge is 2.28. The highest BCUT2D eigenvalue weighted by Crippen LogP contribution is 2.30.